The van der Waals surface area contributed by atoms with Crippen LogP contribution in [-0.4, -0.2) is 24.1 Å². The van der Waals surface area contributed by atoms with Crippen molar-refractivity contribution in [3.63, 3.8) is 0 Å². The highest BCUT2D eigenvalue weighted by atomic mass is 32.2. The van der Waals surface area contributed by atoms with Crippen molar-refractivity contribution in [2.24, 2.45) is 5.92 Å². The minimum absolute atomic E-state index is 0.874. The first-order chi connectivity index (χ1) is 5.79. The van der Waals surface area contributed by atoms with Gasteiger partial charge in [0.05, 0.1) is 0 Å². The molecule has 0 spiro atoms. The van der Waals surface area contributed by atoms with Crippen molar-refractivity contribution in [3.05, 3.63) is 0 Å². The zero-order chi connectivity index (χ0) is 8.81. The van der Waals surface area contributed by atoms with Gasteiger partial charge < -0.3 is 5.32 Å². The lowest BCUT2D eigenvalue weighted by atomic mass is 10.2. The molecule has 0 aromatic heterocycles. The second kappa shape index (κ2) is 5.87. The van der Waals surface area contributed by atoms with Crippen LogP contribution in [0.3, 0.4) is 0 Å². The van der Waals surface area contributed by atoms with Gasteiger partial charge in [-0.05, 0) is 44.0 Å². The Kier molecular flexibility index (Phi) is 5.08. The first-order valence-corrected chi connectivity index (χ1v) is 6.16. The Labute approximate surface area is 80.7 Å². The number of piperidine rings is 1. The van der Waals surface area contributed by atoms with Crippen molar-refractivity contribution >= 4 is 11.8 Å². The molecule has 1 heterocycles. The van der Waals surface area contributed by atoms with Gasteiger partial charge in [-0.2, -0.15) is 11.8 Å². The monoisotopic (exact) mass is 187 g/mol. The summed E-state index contributed by atoms with van der Waals surface area (Å²) in [6, 6.07) is 0. The molecular formula is C10H21NS. The van der Waals surface area contributed by atoms with Gasteiger partial charge in [-0.15, -0.1) is 0 Å². The van der Waals surface area contributed by atoms with Crippen molar-refractivity contribution in [3.8, 4) is 0 Å². The van der Waals surface area contributed by atoms with Crippen molar-refractivity contribution in [2.75, 3.05) is 18.8 Å². The van der Waals surface area contributed by atoms with E-state index in [1.807, 2.05) is 0 Å². The quantitative estimate of drug-likeness (QED) is 0.726. The minimum Gasteiger partial charge on any atom is -0.317 e. The lowest BCUT2D eigenvalue weighted by Crippen LogP contribution is -2.29. The van der Waals surface area contributed by atoms with Gasteiger partial charge in [0.1, 0.15) is 0 Å². The first kappa shape index (κ1) is 10.4. The van der Waals surface area contributed by atoms with Crippen molar-refractivity contribution in [2.45, 2.75) is 38.4 Å². The Hall–Kier alpha value is 0.310. The van der Waals surface area contributed by atoms with Crippen LogP contribution >= 0.6 is 11.8 Å². The molecule has 0 aromatic rings. The average molecular weight is 187 g/mol. The summed E-state index contributed by atoms with van der Waals surface area (Å²) in [6.07, 6.45) is 4.14. The van der Waals surface area contributed by atoms with Crippen LogP contribution in [0.1, 0.15) is 33.1 Å². The maximum absolute atomic E-state index is 3.40. The van der Waals surface area contributed by atoms with E-state index in [9.17, 15) is 0 Å². The van der Waals surface area contributed by atoms with E-state index < -0.39 is 0 Å². The lowest BCUT2D eigenvalue weighted by Gasteiger charge is -2.22. The highest BCUT2D eigenvalue weighted by Gasteiger charge is 2.12. The van der Waals surface area contributed by atoms with E-state index in [4.69, 9.17) is 0 Å². The first-order valence-electron chi connectivity index (χ1n) is 5.11. The topological polar surface area (TPSA) is 12.0 Å². The zero-order valence-electron chi connectivity index (χ0n) is 8.31. The predicted molar refractivity (Wildman–Crippen MR) is 57.8 cm³/mol. The summed E-state index contributed by atoms with van der Waals surface area (Å²) in [7, 11) is 0. The highest BCUT2D eigenvalue weighted by Crippen LogP contribution is 2.21. The summed E-state index contributed by atoms with van der Waals surface area (Å²) >= 11 is 2.19. The average Bonchev–Trinajstić information content (AvgIpc) is 2.05. The SMILES string of the molecule is CC(C)CCSC1CCNCC1. The summed E-state index contributed by atoms with van der Waals surface area (Å²) in [5.74, 6) is 2.24. The smallest absolute Gasteiger partial charge is 0.00711 e. The molecule has 0 aromatic carbocycles. The van der Waals surface area contributed by atoms with Crippen molar-refractivity contribution < 1.29 is 0 Å². The number of hydrogen-bond acceptors (Lipinski definition) is 2. The molecule has 12 heavy (non-hydrogen) atoms. The van der Waals surface area contributed by atoms with E-state index in [1.54, 1.807) is 0 Å². The summed E-state index contributed by atoms with van der Waals surface area (Å²) in [6.45, 7) is 7.09. The fraction of sp³-hybridized carbons (Fsp3) is 1.00. The van der Waals surface area contributed by atoms with Crippen LogP contribution < -0.4 is 5.32 Å². The van der Waals surface area contributed by atoms with E-state index in [0.717, 1.165) is 11.2 Å². The summed E-state index contributed by atoms with van der Waals surface area (Å²) in [4.78, 5) is 0. The van der Waals surface area contributed by atoms with Crippen LogP contribution in [0.25, 0.3) is 0 Å². The number of nitrogens with one attached hydrogen (secondary N) is 1. The van der Waals surface area contributed by atoms with Gasteiger partial charge in [-0.1, -0.05) is 13.8 Å². The molecule has 0 bridgehead atoms. The molecule has 1 aliphatic heterocycles. The Morgan fingerprint density at radius 1 is 1.33 bits per heavy atom. The zero-order valence-corrected chi connectivity index (χ0v) is 9.12. The maximum atomic E-state index is 3.40. The molecule has 1 rings (SSSR count). The molecule has 1 saturated heterocycles. The van der Waals surface area contributed by atoms with Gasteiger partial charge in [-0.3, -0.25) is 0 Å². The molecule has 0 radical (unpaired) electrons. The Balaban J connectivity index is 1.98. The molecule has 2 heteroatoms. The molecule has 0 aliphatic carbocycles. The Morgan fingerprint density at radius 3 is 2.58 bits per heavy atom. The Bertz CT molecular complexity index is 108. The van der Waals surface area contributed by atoms with Crippen molar-refractivity contribution in [1.29, 1.82) is 0 Å². The molecule has 0 amide bonds. The molecule has 0 atom stereocenters. The van der Waals surface area contributed by atoms with Gasteiger partial charge in [0.15, 0.2) is 0 Å². The fourth-order valence-corrected chi connectivity index (χ4v) is 2.94. The maximum Gasteiger partial charge on any atom is 0.00711 e. The normalized spacial score (nSPS) is 20.2. The number of rotatable bonds is 4. The molecule has 1 nitrogen and oxygen atoms in total. The summed E-state index contributed by atoms with van der Waals surface area (Å²) in [5.41, 5.74) is 0. The summed E-state index contributed by atoms with van der Waals surface area (Å²) in [5, 5.41) is 4.35. The molecule has 0 unspecified atom stereocenters. The van der Waals surface area contributed by atoms with Crippen LogP contribution in [0.15, 0.2) is 0 Å². The van der Waals surface area contributed by atoms with Gasteiger partial charge in [0.25, 0.3) is 0 Å². The van der Waals surface area contributed by atoms with E-state index >= 15 is 0 Å². The third kappa shape index (κ3) is 4.36. The fourth-order valence-electron chi connectivity index (χ4n) is 1.43. The summed E-state index contributed by atoms with van der Waals surface area (Å²) < 4.78 is 0. The minimum atomic E-state index is 0.874. The van der Waals surface area contributed by atoms with Gasteiger partial charge >= 0.3 is 0 Å². The molecular weight excluding hydrogens is 166 g/mol. The second-order valence-corrected chi connectivity index (χ2v) is 5.41. The largest absolute Gasteiger partial charge is 0.317 e. The van der Waals surface area contributed by atoms with Crippen molar-refractivity contribution in [1.82, 2.24) is 5.32 Å². The van der Waals surface area contributed by atoms with Gasteiger partial charge in [0, 0.05) is 5.25 Å². The van der Waals surface area contributed by atoms with E-state index in [-0.39, 0.29) is 0 Å². The number of thioether (sulfide) groups is 1. The van der Waals surface area contributed by atoms with Crippen LogP contribution in [0.4, 0.5) is 0 Å². The second-order valence-electron chi connectivity index (χ2n) is 4.00. The van der Waals surface area contributed by atoms with Gasteiger partial charge in [-0.25, -0.2) is 0 Å². The molecule has 72 valence electrons. The Morgan fingerprint density at radius 2 is 2.00 bits per heavy atom. The van der Waals surface area contributed by atoms with E-state index in [1.165, 1.54) is 38.1 Å². The third-order valence-corrected chi connectivity index (χ3v) is 3.75. The molecule has 1 aliphatic rings. The highest BCUT2D eigenvalue weighted by molar-refractivity contribution is 7.99. The van der Waals surface area contributed by atoms with Gasteiger partial charge in [0.2, 0.25) is 0 Å². The number of hydrogen-bond donors (Lipinski definition) is 1. The lowest BCUT2D eigenvalue weighted by molar-refractivity contribution is 0.530. The van der Waals surface area contributed by atoms with E-state index in [0.29, 0.717) is 0 Å². The van der Waals surface area contributed by atoms with Crippen LogP contribution in [0.2, 0.25) is 0 Å². The van der Waals surface area contributed by atoms with Crippen LogP contribution in [0, 0.1) is 5.92 Å². The third-order valence-electron chi connectivity index (χ3n) is 2.33. The molecule has 1 fully saturated rings. The van der Waals surface area contributed by atoms with E-state index in [2.05, 4.69) is 30.9 Å². The molecule has 0 saturated carbocycles. The standard InChI is InChI=1S/C10H21NS/c1-9(2)5-8-12-10-3-6-11-7-4-10/h9-11H,3-8H2,1-2H3. The van der Waals surface area contributed by atoms with Crippen LogP contribution in [-0.2, 0) is 0 Å². The predicted octanol–water partition coefficient (Wildman–Crippen LogP) is 2.52. The van der Waals surface area contributed by atoms with Crippen LogP contribution in [0.5, 0.6) is 0 Å². The molecule has 1 N–H and O–H groups in total.